The van der Waals surface area contributed by atoms with Crippen molar-refractivity contribution in [2.45, 2.75) is 40.3 Å². The molecule has 0 aliphatic carbocycles. The summed E-state index contributed by atoms with van der Waals surface area (Å²) >= 11 is 1.21. The number of ether oxygens (including phenoxy) is 4. The molecule has 4 aromatic rings. The molecule has 0 N–H and O–H groups in total. The van der Waals surface area contributed by atoms with Crippen molar-refractivity contribution in [3.05, 3.63) is 124 Å². The first-order chi connectivity index (χ1) is 22.2. The number of non-ortho nitro benzene ring substituents is 1. The Morgan fingerprint density at radius 1 is 0.957 bits per heavy atom. The van der Waals surface area contributed by atoms with E-state index in [2.05, 4.69) is 4.99 Å². The number of hydrogen-bond acceptors (Lipinski definition) is 10. The number of allylic oxidation sites excluding steroid dienone is 1. The van der Waals surface area contributed by atoms with Crippen LogP contribution < -0.4 is 29.1 Å². The van der Waals surface area contributed by atoms with Crippen LogP contribution in [0.4, 0.5) is 5.69 Å². The van der Waals surface area contributed by atoms with Gasteiger partial charge < -0.3 is 18.9 Å². The molecule has 0 amide bonds. The topological polar surface area (TPSA) is 131 Å². The molecule has 0 saturated heterocycles. The maximum absolute atomic E-state index is 14.1. The lowest BCUT2D eigenvalue weighted by atomic mass is 9.95. The molecule has 0 spiro atoms. The molecule has 0 saturated carbocycles. The molecule has 3 aromatic carbocycles. The Kier molecular flexibility index (Phi) is 9.97. The molecule has 238 valence electrons. The molecule has 0 unspecified atom stereocenters. The van der Waals surface area contributed by atoms with Crippen molar-refractivity contribution in [2.75, 3.05) is 19.8 Å². The van der Waals surface area contributed by atoms with Crippen molar-refractivity contribution in [2.24, 2.45) is 4.99 Å². The van der Waals surface area contributed by atoms with Gasteiger partial charge in [0.25, 0.3) is 11.2 Å². The first kappa shape index (κ1) is 32.2. The van der Waals surface area contributed by atoms with E-state index in [-0.39, 0.29) is 30.0 Å². The van der Waals surface area contributed by atoms with Crippen molar-refractivity contribution < 1.29 is 28.7 Å². The van der Waals surface area contributed by atoms with Crippen LogP contribution in [0.5, 0.6) is 17.2 Å². The molecule has 12 heteroatoms. The summed E-state index contributed by atoms with van der Waals surface area (Å²) in [5, 5.41) is 11.0. The van der Waals surface area contributed by atoms with Gasteiger partial charge in [-0.05, 0) is 75.2 Å². The lowest BCUT2D eigenvalue weighted by Gasteiger charge is -2.25. The van der Waals surface area contributed by atoms with Crippen LogP contribution in [0.3, 0.4) is 0 Å². The number of benzene rings is 3. The number of nitro groups is 1. The Hall–Kier alpha value is -5.23. The van der Waals surface area contributed by atoms with E-state index in [4.69, 9.17) is 18.9 Å². The third-order valence-corrected chi connectivity index (χ3v) is 8.13. The Balaban J connectivity index is 1.58. The summed E-state index contributed by atoms with van der Waals surface area (Å²) in [6, 6.07) is 18.0. The molecular formula is C34H33N3O8S. The number of esters is 1. The van der Waals surface area contributed by atoms with E-state index in [0.29, 0.717) is 56.6 Å². The average Bonchev–Trinajstić information content (AvgIpc) is 3.35. The van der Waals surface area contributed by atoms with Crippen LogP contribution >= 0.6 is 11.3 Å². The zero-order valence-electron chi connectivity index (χ0n) is 25.8. The summed E-state index contributed by atoms with van der Waals surface area (Å²) in [6.07, 6.45) is 1.74. The third kappa shape index (κ3) is 6.71. The van der Waals surface area contributed by atoms with Gasteiger partial charge in [-0.15, -0.1) is 0 Å². The summed E-state index contributed by atoms with van der Waals surface area (Å²) in [7, 11) is 0. The standard InChI is InChI=1S/C34H33N3O8S/c1-5-42-27-17-14-24(18-28(27)43-6-2)31-30(33(39)44-7-3)21(4)35-34-36(31)32(38)29(46-34)19-23-10-8-9-11-26(23)45-20-22-12-15-25(16-13-22)37(40)41/h8-19,31H,5-7,20H2,1-4H3/b29-19-/t31-/m0/s1. The molecule has 11 nitrogen and oxygen atoms in total. The van der Waals surface area contributed by atoms with Crippen molar-refractivity contribution in [1.82, 2.24) is 4.57 Å². The fourth-order valence-electron chi connectivity index (χ4n) is 5.09. The van der Waals surface area contributed by atoms with Gasteiger partial charge in [0, 0.05) is 17.7 Å². The molecule has 46 heavy (non-hydrogen) atoms. The van der Waals surface area contributed by atoms with E-state index in [0.717, 1.165) is 5.56 Å². The molecule has 1 atom stereocenters. The first-order valence-corrected chi connectivity index (χ1v) is 15.6. The predicted octanol–water partition coefficient (Wildman–Crippen LogP) is 5.08. The van der Waals surface area contributed by atoms with Crippen LogP contribution in [0.2, 0.25) is 0 Å². The lowest BCUT2D eigenvalue weighted by molar-refractivity contribution is -0.384. The Morgan fingerprint density at radius 3 is 2.37 bits per heavy atom. The largest absolute Gasteiger partial charge is 0.490 e. The quantitative estimate of drug-likeness (QED) is 0.119. The highest BCUT2D eigenvalue weighted by Gasteiger charge is 2.34. The zero-order chi connectivity index (χ0) is 32.8. The summed E-state index contributed by atoms with van der Waals surface area (Å²) in [5.41, 5.74) is 2.44. The second-order valence-corrected chi connectivity index (χ2v) is 11.1. The molecule has 0 bridgehead atoms. The van der Waals surface area contributed by atoms with Crippen molar-refractivity contribution in [3.8, 4) is 17.2 Å². The molecule has 5 rings (SSSR count). The number of aromatic nitrogens is 1. The van der Waals surface area contributed by atoms with Crippen molar-refractivity contribution in [3.63, 3.8) is 0 Å². The van der Waals surface area contributed by atoms with E-state index in [1.54, 1.807) is 50.3 Å². The van der Waals surface area contributed by atoms with E-state index in [9.17, 15) is 19.7 Å². The summed E-state index contributed by atoms with van der Waals surface area (Å²) in [4.78, 5) is 43.1. The molecule has 1 aliphatic heterocycles. The van der Waals surface area contributed by atoms with Gasteiger partial charge >= 0.3 is 5.97 Å². The number of carbonyl (C=O) groups is 1. The average molecular weight is 644 g/mol. The second kappa shape index (κ2) is 14.2. The van der Waals surface area contributed by atoms with Crippen molar-refractivity contribution in [1.29, 1.82) is 0 Å². The molecular weight excluding hydrogens is 610 g/mol. The number of thiazole rings is 1. The van der Waals surface area contributed by atoms with E-state index in [1.807, 2.05) is 38.1 Å². The van der Waals surface area contributed by atoms with Crippen LogP contribution in [0, 0.1) is 10.1 Å². The maximum Gasteiger partial charge on any atom is 0.338 e. The number of hydrogen-bond donors (Lipinski definition) is 0. The second-order valence-electron chi connectivity index (χ2n) is 10.1. The van der Waals surface area contributed by atoms with Crippen LogP contribution in [-0.4, -0.2) is 35.3 Å². The molecule has 2 heterocycles. The molecule has 1 aliphatic rings. The van der Waals surface area contributed by atoms with Gasteiger partial charge in [-0.25, -0.2) is 9.79 Å². The number of nitro benzene ring substituents is 1. The van der Waals surface area contributed by atoms with Gasteiger partial charge in [-0.2, -0.15) is 0 Å². The smallest absolute Gasteiger partial charge is 0.338 e. The van der Waals surface area contributed by atoms with Crippen LogP contribution in [-0.2, 0) is 16.1 Å². The number of rotatable bonds is 12. The minimum absolute atomic E-state index is 0.00136. The normalized spacial score (nSPS) is 14.3. The Bertz CT molecular complexity index is 1980. The third-order valence-electron chi connectivity index (χ3n) is 7.15. The highest BCUT2D eigenvalue weighted by Crippen LogP contribution is 2.36. The van der Waals surface area contributed by atoms with Gasteiger partial charge in [-0.3, -0.25) is 19.5 Å². The van der Waals surface area contributed by atoms with E-state index in [1.165, 1.54) is 28.0 Å². The summed E-state index contributed by atoms with van der Waals surface area (Å²) < 4.78 is 25.0. The van der Waals surface area contributed by atoms with Crippen LogP contribution in [0.15, 0.2) is 87.8 Å². The number of nitrogens with zero attached hydrogens (tertiary/aromatic N) is 3. The minimum atomic E-state index is -0.819. The van der Waals surface area contributed by atoms with E-state index < -0.39 is 16.9 Å². The number of fused-ring (bicyclic) bond motifs is 1. The van der Waals surface area contributed by atoms with Crippen molar-refractivity contribution >= 4 is 29.1 Å². The minimum Gasteiger partial charge on any atom is -0.490 e. The molecule has 0 radical (unpaired) electrons. The van der Waals surface area contributed by atoms with Crippen LogP contribution in [0.25, 0.3) is 6.08 Å². The highest BCUT2D eigenvalue weighted by molar-refractivity contribution is 7.07. The Labute approximate surface area is 268 Å². The number of carbonyl (C=O) groups excluding carboxylic acids is 1. The van der Waals surface area contributed by atoms with Gasteiger partial charge in [0.05, 0.1) is 46.6 Å². The van der Waals surface area contributed by atoms with Gasteiger partial charge in [0.15, 0.2) is 16.3 Å². The molecule has 1 aromatic heterocycles. The van der Waals surface area contributed by atoms with Crippen LogP contribution in [0.1, 0.15) is 50.4 Å². The zero-order valence-corrected chi connectivity index (χ0v) is 26.7. The number of para-hydroxylation sites is 1. The SMILES string of the molecule is CCOC(=O)C1=C(C)N=c2s/c(=C\c3ccccc3OCc3ccc([N+](=O)[O-])cc3)c(=O)n2[C@H]1c1ccc(OCC)c(OCC)c1. The lowest BCUT2D eigenvalue weighted by Crippen LogP contribution is -2.40. The fourth-order valence-corrected chi connectivity index (χ4v) is 6.13. The van der Waals surface area contributed by atoms with Gasteiger partial charge in [-0.1, -0.05) is 35.6 Å². The fraction of sp³-hybridized carbons (Fsp3) is 0.265. The highest BCUT2D eigenvalue weighted by atomic mass is 32.1. The van der Waals surface area contributed by atoms with Gasteiger partial charge in [0.1, 0.15) is 12.4 Å². The summed E-state index contributed by atoms with van der Waals surface area (Å²) in [6.45, 7) is 8.39. The first-order valence-electron chi connectivity index (χ1n) is 14.8. The summed E-state index contributed by atoms with van der Waals surface area (Å²) in [5.74, 6) is 1.03. The Morgan fingerprint density at radius 2 is 1.67 bits per heavy atom. The van der Waals surface area contributed by atoms with Gasteiger partial charge in [0.2, 0.25) is 0 Å². The predicted molar refractivity (Wildman–Crippen MR) is 173 cm³/mol. The maximum atomic E-state index is 14.1. The molecule has 0 fully saturated rings. The van der Waals surface area contributed by atoms with E-state index >= 15 is 0 Å². The monoisotopic (exact) mass is 643 g/mol.